The van der Waals surface area contributed by atoms with Crippen molar-refractivity contribution in [3.63, 3.8) is 0 Å². The molecule has 2 aromatic rings. The molecule has 0 unspecified atom stereocenters. The van der Waals surface area contributed by atoms with Crippen LogP contribution >= 0.6 is 0 Å². The molecule has 0 atom stereocenters. The molecule has 0 saturated heterocycles. The summed E-state index contributed by atoms with van der Waals surface area (Å²) < 4.78 is 18.1. The lowest BCUT2D eigenvalue weighted by molar-refractivity contribution is -0.116. The largest absolute Gasteiger partial charge is 0.503 e. The lowest BCUT2D eigenvalue weighted by Gasteiger charge is -1.98. The molecule has 0 fully saturated rings. The van der Waals surface area contributed by atoms with Gasteiger partial charge in [-0.25, -0.2) is 4.39 Å². The fraction of sp³-hybridized carbons (Fsp3) is 0.0667. The molecular formula is C15H12FNO4. The number of aliphatic hydroxyl groups is 1. The Hall–Kier alpha value is -2.89. The van der Waals surface area contributed by atoms with Crippen molar-refractivity contribution in [2.45, 2.75) is 6.42 Å². The van der Waals surface area contributed by atoms with Gasteiger partial charge in [0.2, 0.25) is 5.78 Å². The summed E-state index contributed by atoms with van der Waals surface area (Å²) in [6, 6.07) is 8.89. The maximum absolute atomic E-state index is 12.8. The number of carbonyl (C=O) groups is 2. The van der Waals surface area contributed by atoms with E-state index in [0.717, 1.165) is 5.56 Å². The van der Waals surface area contributed by atoms with Crippen molar-refractivity contribution in [2.75, 3.05) is 0 Å². The topological polar surface area (TPSA) is 93.5 Å². The van der Waals surface area contributed by atoms with Crippen LogP contribution < -0.4 is 5.73 Å². The predicted octanol–water partition coefficient (Wildman–Crippen LogP) is 2.12. The van der Waals surface area contributed by atoms with Gasteiger partial charge in [0.25, 0.3) is 5.91 Å². The number of ketones is 1. The molecule has 1 aromatic heterocycles. The van der Waals surface area contributed by atoms with Crippen LogP contribution in [-0.2, 0) is 11.2 Å². The van der Waals surface area contributed by atoms with Gasteiger partial charge in [-0.1, -0.05) is 12.1 Å². The maximum atomic E-state index is 12.8. The minimum Gasteiger partial charge on any atom is -0.503 e. The average molecular weight is 289 g/mol. The van der Waals surface area contributed by atoms with Crippen LogP contribution in [0.2, 0.25) is 0 Å². The number of aliphatic hydroxyl groups excluding tert-OH is 1. The van der Waals surface area contributed by atoms with E-state index in [-0.39, 0.29) is 11.6 Å². The second-order valence-corrected chi connectivity index (χ2v) is 4.33. The van der Waals surface area contributed by atoms with E-state index < -0.39 is 17.4 Å². The second-order valence-electron chi connectivity index (χ2n) is 4.33. The maximum Gasteiger partial charge on any atom is 0.283 e. The molecule has 0 aliphatic heterocycles. The van der Waals surface area contributed by atoms with E-state index in [1.165, 1.54) is 18.2 Å². The van der Waals surface area contributed by atoms with Crippen molar-refractivity contribution in [1.29, 1.82) is 0 Å². The van der Waals surface area contributed by atoms with Crippen molar-refractivity contribution >= 4 is 11.7 Å². The molecule has 0 aliphatic carbocycles. The standard InChI is InChI=1S/C15H12FNO4/c16-10-3-1-9(2-4-10)7-11-5-6-14(21-11)12(18)8-13(19)15(17)20/h1-6,8,19H,7H2,(H2,17,20)/b13-8-. The van der Waals surface area contributed by atoms with Gasteiger partial charge in [-0.3, -0.25) is 9.59 Å². The van der Waals surface area contributed by atoms with Crippen LogP contribution in [0.5, 0.6) is 0 Å². The van der Waals surface area contributed by atoms with Gasteiger partial charge in [0.05, 0.1) is 0 Å². The Kier molecular flexibility index (Phi) is 4.18. The number of allylic oxidation sites excluding steroid dienone is 1. The average Bonchev–Trinajstić information content (AvgIpc) is 2.90. The van der Waals surface area contributed by atoms with Crippen LogP contribution in [0.1, 0.15) is 21.9 Å². The molecule has 1 aromatic carbocycles. The lowest BCUT2D eigenvalue weighted by atomic mass is 10.1. The Morgan fingerprint density at radius 3 is 2.48 bits per heavy atom. The minimum absolute atomic E-state index is 0.0279. The zero-order valence-corrected chi connectivity index (χ0v) is 10.9. The first kappa shape index (κ1) is 14.5. The molecule has 21 heavy (non-hydrogen) atoms. The lowest BCUT2D eigenvalue weighted by Crippen LogP contribution is -2.14. The van der Waals surface area contributed by atoms with E-state index in [1.807, 2.05) is 0 Å². The number of primary amides is 1. The monoisotopic (exact) mass is 289 g/mol. The van der Waals surface area contributed by atoms with Crippen LogP contribution in [0.4, 0.5) is 4.39 Å². The van der Waals surface area contributed by atoms with Crippen LogP contribution in [0, 0.1) is 5.82 Å². The van der Waals surface area contributed by atoms with E-state index >= 15 is 0 Å². The van der Waals surface area contributed by atoms with E-state index in [0.29, 0.717) is 18.3 Å². The summed E-state index contributed by atoms with van der Waals surface area (Å²) in [6.07, 6.45) is 1.09. The Labute approximate surface area is 119 Å². The SMILES string of the molecule is NC(=O)/C(O)=C/C(=O)c1ccc(Cc2ccc(F)cc2)o1. The van der Waals surface area contributed by atoms with Crippen molar-refractivity contribution in [2.24, 2.45) is 5.73 Å². The van der Waals surface area contributed by atoms with Crippen molar-refractivity contribution in [3.8, 4) is 0 Å². The number of benzene rings is 1. The highest BCUT2D eigenvalue weighted by molar-refractivity contribution is 6.06. The molecule has 0 radical (unpaired) electrons. The molecular weight excluding hydrogens is 277 g/mol. The molecule has 0 aliphatic rings. The molecule has 0 spiro atoms. The number of hydrogen-bond donors (Lipinski definition) is 2. The predicted molar refractivity (Wildman–Crippen MR) is 72.2 cm³/mol. The molecule has 2 rings (SSSR count). The summed E-state index contributed by atoms with van der Waals surface area (Å²) in [6.45, 7) is 0. The molecule has 6 heteroatoms. The van der Waals surface area contributed by atoms with Crippen molar-refractivity contribution < 1.29 is 23.5 Å². The first-order valence-electron chi connectivity index (χ1n) is 6.03. The third-order valence-corrected chi connectivity index (χ3v) is 2.72. The van der Waals surface area contributed by atoms with Gasteiger partial charge >= 0.3 is 0 Å². The first-order valence-corrected chi connectivity index (χ1v) is 6.03. The molecule has 0 bridgehead atoms. The van der Waals surface area contributed by atoms with Crippen LogP contribution in [0.15, 0.2) is 52.7 Å². The number of furan rings is 1. The Morgan fingerprint density at radius 1 is 1.19 bits per heavy atom. The summed E-state index contributed by atoms with van der Waals surface area (Å²) in [7, 11) is 0. The number of rotatable bonds is 5. The van der Waals surface area contributed by atoms with Gasteiger partial charge < -0.3 is 15.3 Å². The summed E-state index contributed by atoms with van der Waals surface area (Å²) in [5, 5.41) is 9.11. The zero-order chi connectivity index (χ0) is 15.4. The first-order chi connectivity index (χ1) is 9.95. The quantitative estimate of drug-likeness (QED) is 0.501. The highest BCUT2D eigenvalue weighted by atomic mass is 19.1. The molecule has 0 saturated carbocycles. The van der Waals surface area contributed by atoms with Gasteiger partial charge in [0.1, 0.15) is 11.6 Å². The smallest absolute Gasteiger partial charge is 0.283 e. The fourth-order valence-corrected chi connectivity index (χ4v) is 1.68. The van der Waals surface area contributed by atoms with E-state index in [9.17, 15) is 14.0 Å². The molecule has 3 N–H and O–H groups in total. The summed E-state index contributed by atoms with van der Waals surface area (Å²) in [5.74, 6) is -2.47. The molecule has 1 heterocycles. The highest BCUT2D eigenvalue weighted by Gasteiger charge is 2.12. The van der Waals surface area contributed by atoms with Crippen LogP contribution in [0.3, 0.4) is 0 Å². The number of carbonyl (C=O) groups excluding carboxylic acids is 2. The van der Waals surface area contributed by atoms with Crippen molar-refractivity contribution in [1.82, 2.24) is 0 Å². The normalized spacial score (nSPS) is 11.4. The molecule has 108 valence electrons. The third kappa shape index (κ3) is 3.79. The van der Waals surface area contributed by atoms with Crippen LogP contribution in [-0.4, -0.2) is 16.8 Å². The van der Waals surface area contributed by atoms with Crippen molar-refractivity contribution in [3.05, 3.63) is 71.1 Å². The van der Waals surface area contributed by atoms with Gasteiger partial charge in [-0.15, -0.1) is 0 Å². The Balaban J connectivity index is 2.11. The number of hydrogen-bond acceptors (Lipinski definition) is 4. The Morgan fingerprint density at radius 2 is 1.86 bits per heavy atom. The van der Waals surface area contributed by atoms with Crippen LogP contribution in [0.25, 0.3) is 0 Å². The Bertz CT molecular complexity index is 701. The van der Waals surface area contributed by atoms with Gasteiger partial charge in [-0.05, 0) is 29.8 Å². The summed E-state index contributed by atoms with van der Waals surface area (Å²) in [5.41, 5.74) is 5.63. The molecule has 5 nitrogen and oxygen atoms in total. The number of halogens is 1. The third-order valence-electron chi connectivity index (χ3n) is 2.72. The minimum atomic E-state index is -1.10. The second kappa shape index (κ2) is 6.04. The van der Waals surface area contributed by atoms with E-state index in [2.05, 4.69) is 0 Å². The number of nitrogens with two attached hydrogens (primary N) is 1. The van der Waals surface area contributed by atoms with Gasteiger partial charge in [0.15, 0.2) is 11.5 Å². The summed E-state index contributed by atoms with van der Waals surface area (Å²) >= 11 is 0. The van der Waals surface area contributed by atoms with Gasteiger partial charge in [-0.2, -0.15) is 0 Å². The summed E-state index contributed by atoms with van der Waals surface area (Å²) in [4.78, 5) is 22.3. The van der Waals surface area contributed by atoms with Gasteiger partial charge in [0, 0.05) is 12.5 Å². The molecule has 1 amide bonds. The fourth-order valence-electron chi connectivity index (χ4n) is 1.68. The zero-order valence-electron chi connectivity index (χ0n) is 10.9. The van der Waals surface area contributed by atoms with E-state index in [1.54, 1.807) is 18.2 Å². The van der Waals surface area contributed by atoms with E-state index in [4.69, 9.17) is 15.3 Å². The number of amides is 1. The highest BCUT2D eigenvalue weighted by Crippen LogP contribution is 2.15.